The topological polar surface area (TPSA) is 59.8 Å². The van der Waals surface area contributed by atoms with Crippen LogP contribution in [0.1, 0.15) is 22.2 Å². The maximum Gasteiger partial charge on any atom is 0.345 e. The predicted molar refractivity (Wildman–Crippen MR) is 113 cm³/mol. The highest BCUT2D eigenvalue weighted by atomic mass is 32.1. The van der Waals surface area contributed by atoms with Gasteiger partial charge in [0.2, 0.25) is 0 Å². The number of thiophene rings is 1. The van der Waals surface area contributed by atoms with E-state index in [0.29, 0.717) is 33.9 Å². The van der Waals surface area contributed by atoms with E-state index >= 15 is 0 Å². The molecule has 0 atom stereocenters. The van der Waals surface area contributed by atoms with Crippen LogP contribution in [0.2, 0.25) is 0 Å². The summed E-state index contributed by atoms with van der Waals surface area (Å²) in [5.74, 6) is 0.441. The highest BCUT2D eigenvalue weighted by Gasteiger charge is 2.21. The molecular formula is C22H19NO4S. The molecular weight excluding hydrogens is 374 g/mol. The third-order valence-electron chi connectivity index (χ3n) is 4.58. The van der Waals surface area contributed by atoms with Crippen molar-refractivity contribution < 1.29 is 13.9 Å². The fourth-order valence-electron chi connectivity index (χ4n) is 3.20. The molecule has 0 saturated carbocycles. The van der Waals surface area contributed by atoms with E-state index in [1.165, 1.54) is 11.3 Å². The number of amides is 1. The molecule has 0 bridgehead atoms. The highest BCUT2D eigenvalue weighted by Crippen LogP contribution is 2.34. The van der Waals surface area contributed by atoms with E-state index in [4.69, 9.17) is 9.15 Å². The van der Waals surface area contributed by atoms with Crippen molar-refractivity contribution in [3.05, 3.63) is 69.4 Å². The Morgan fingerprint density at radius 1 is 1.14 bits per heavy atom. The van der Waals surface area contributed by atoms with Crippen LogP contribution in [-0.2, 0) is 0 Å². The fourth-order valence-corrected chi connectivity index (χ4v) is 4.34. The zero-order chi connectivity index (χ0) is 19.8. The first-order valence-corrected chi connectivity index (χ1v) is 9.78. The smallest absolute Gasteiger partial charge is 0.345 e. The molecule has 142 valence electrons. The number of nitrogens with zero attached hydrogens (tertiary/aromatic N) is 1. The first kappa shape index (κ1) is 18.3. The lowest BCUT2D eigenvalue weighted by Gasteiger charge is -2.19. The fraction of sp³-hybridized carbons (Fsp3) is 0.182. The number of rotatable bonds is 4. The van der Waals surface area contributed by atoms with Crippen molar-refractivity contribution in [2.24, 2.45) is 0 Å². The van der Waals surface area contributed by atoms with Gasteiger partial charge >= 0.3 is 5.63 Å². The van der Waals surface area contributed by atoms with Crippen LogP contribution in [0.4, 0.5) is 5.69 Å². The van der Waals surface area contributed by atoms with Gasteiger partial charge in [-0.2, -0.15) is 0 Å². The third-order valence-corrected chi connectivity index (χ3v) is 5.73. The molecule has 5 nitrogen and oxygen atoms in total. The average molecular weight is 393 g/mol. The first-order valence-electron chi connectivity index (χ1n) is 8.96. The zero-order valence-electron chi connectivity index (χ0n) is 15.8. The molecule has 2 aromatic carbocycles. The Hall–Kier alpha value is -3.12. The summed E-state index contributed by atoms with van der Waals surface area (Å²) >= 11 is 1.31. The van der Waals surface area contributed by atoms with Crippen LogP contribution in [-0.4, -0.2) is 19.6 Å². The molecule has 1 amide bonds. The van der Waals surface area contributed by atoms with Crippen molar-refractivity contribution >= 4 is 44.0 Å². The Morgan fingerprint density at radius 3 is 2.71 bits per heavy atom. The van der Waals surface area contributed by atoms with Crippen LogP contribution in [0, 0.1) is 6.92 Å². The Labute approximate surface area is 165 Å². The second-order valence-electron chi connectivity index (χ2n) is 6.51. The number of aryl methyl sites for hydroxylation is 1. The monoisotopic (exact) mass is 393 g/mol. The summed E-state index contributed by atoms with van der Waals surface area (Å²) in [5, 5.41) is 1.27. The molecule has 6 heteroatoms. The predicted octanol–water partition coefficient (Wildman–Crippen LogP) is 4.99. The second kappa shape index (κ2) is 7.13. The molecule has 0 unspecified atom stereocenters. The number of carbonyl (C=O) groups is 1. The second-order valence-corrected chi connectivity index (χ2v) is 7.56. The van der Waals surface area contributed by atoms with Crippen molar-refractivity contribution in [2.75, 3.05) is 18.6 Å². The molecule has 0 N–H and O–H groups in total. The zero-order valence-corrected chi connectivity index (χ0v) is 16.6. The average Bonchev–Trinajstić information content (AvgIpc) is 3.15. The Bertz CT molecular complexity index is 1250. The van der Waals surface area contributed by atoms with Gasteiger partial charge in [-0.25, -0.2) is 4.79 Å². The Morgan fingerprint density at radius 2 is 1.93 bits per heavy atom. The molecule has 0 aliphatic carbocycles. The summed E-state index contributed by atoms with van der Waals surface area (Å²) in [5.41, 5.74) is 1.84. The van der Waals surface area contributed by atoms with Crippen molar-refractivity contribution in [2.45, 2.75) is 13.8 Å². The third kappa shape index (κ3) is 3.05. The SMILES string of the molecule is CCOc1ccccc1N(C)C(=O)c1cc2c(=O)oc3ccc(C)cc3c2s1. The summed E-state index contributed by atoms with van der Waals surface area (Å²) in [6.07, 6.45) is 0. The lowest BCUT2D eigenvalue weighted by atomic mass is 10.1. The van der Waals surface area contributed by atoms with Crippen molar-refractivity contribution in [1.82, 2.24) is 0 Å². The summed E-state index contributed by atoms with van der Waals surface area (Å²) < 4.78 is 11.8. The number of hydrogen-bond donors (Lipinski definition) is 0. The van der Waals surface area contributed by atoms with Gasteiger partial charge in [0.05, 0.1) is 27.3 Å². The van der Waals surface area contributed by atoms with Crippen molar-refractivity contribution in [3.63, 3.8) is 0 Å². The molecule has 0 aliphatic rings. The largest absolute Gasteiger partial charge is 0.492 e. The molecule has 4 rings (SSSR count). The van der Waals surface area contributed by atoms with Crippen LogP contribution >= 0.6 is 11.3 Å². The molecule has 0 fully saturated rings. The summed E-state index contributed by atoms with van der Waals surface area (Å²) in [4.78, 5) is 27.5. The van der Waals surface area contributed by atoms with Crippen molar-refractivity contribution in [3.8, 4) is 5.75 Å². The maximum absolute atomic E-state index is 13.1. The maximum atomic E-state index is 13.1. The molecule has 0 radical (unpaired) electrons. The minimum atomic E-state index is -0.431. The Balaban J connectivity index is 1.82. The van der Waals surface area contributed by atoms with E-state index in [1.807, 2.05) is 50.2 Å². The summed E-state index contributed by atoms with van der Waals surface area (Å²) in [6, 6.07) is 14.7. The Kier molecular flexibility index (Phi) is 4.65. The van der Waals surface area contributed by atoms with Gasteiger partial charge in [-0.3, -0.25) is 4.79 Å². The number of carbonyl (C=O) groups excluding carboxylic acids is 1. The van der Waals surface area contributed by atoms with Crippen LogP contribution in [0.25, 0.3) is 21.1 Å². The molecule has 2 heterocycles. The lowest BCUT2D eigenvalue weighted by molar-refractivity contribution is 0.0996. The van der Waals surface area contributed by atoms with E-state index in [0.717, 1.165) is 15.6 Å². The van der Waals surface area contributed by atoms with E-state index < -0.39 is 5.63 Å². The molecule has 0 spiro atoms. The minimum Gasteiger partial charge on any atom is -0.492 e. The van der Waals surface area contributed by atoms with Gasteiger partial charge < -0.3 is 14.1 Å². The van der Waals surface area contributed by atoms with Gasteiger partial charge in [0.25, 0.3) is 5.91 Å². The van der Waals surface area contributed by atoms with Gasteiger partial charge in [-0.1, -0.05) is 23.8 Å². The summed E-state index contributed by atoms with van der Waals surface area (Å²) in [7, 11) is 1.70. The number of para-hydroxylation sites is 2. The number of fused-ring (bicyclic) bond motifs is 3. The molecule has 28 heavy (non-hydrogen) atoms. The summed E-state index contributed by atoms with van der Waals surface area (Å²) in [6.45, 7) is 4.39. The van der Waals surface area contributed by atoms with Gasteiger partial charge in [0.1, 0.15) is 11.3 Å². The lowest BCUT2D eigenvalue weighted by Crippen LogP contribution is -2.25. The van der Waals surface area contributed by atoms with E-state index in [-0.39, 0.29) is 5.91 Å². The number of anilines is 1. The van der Waals surface area contributed by atoms with E-state index in [9.17, 15) is 9.59 Å². The molecule has 2 aromatic heterocycles. The van der Waals surface area contributed by atoms with E-state index in [2.05, 4.69) is 0 Å². The van der Waals surface area contributed by atoms with Crippen LogP contribution in [0.15, 0.2) is 57.7 Å². The normalized spacial score (nSPS) is 11.1. The number of ether oxygens (including phenoxy) is 1. The van der Waals surface area contributed by atoms with Gasteiger partial charge in [0.15, 0.2) is 0 Å². The van der Waals surface area contributed by atoms with Crippen LogP contribution in [0.5, 0.6) is 5.75 Å². The molecule has 4 aromatic rings. The quantitative estimate of drug-likeness (QED) is 0.458. The molecule has 0 saturated heterocycles. The molecule has 0 aliphatic heterocycles. The highest BCUT2D eigenvalue weighted by molar-refractivity contribution is 7.21. The standard InChI is InChI=1S/C22H19NO4S/c1-4-26-18-8-6-5-7-16(18)23(3)21(24)19-12-15-20(28-19)14-11-13(2)9-10-17(14)27-22(15)25/h5-12H,4H2,1-3H3. The van der Waals surface area contributed by atoms with Crippen molar-refractivity contribution in [1.29, 1.82) is 0 Å². The van der Waals surface area contributed by atoms with Gasteiger partial charge in [0, 0.05) is 12.4 Å². The minimum absolute atomic E-state index is 0.200. The van der Waals surface area contributed by atoms with E-state index in [1.54, 1.807) is 24.1 Å². The van der Waals surface area contributed by atoms with Crippen LogP contribution in [0.3, 0.4) is 0 Å². The number of benzene rings is 2. The van der Waals surface area contributed by atoms with Crippen LogP contribution < -0.4 is 15.3 Å². The first-order chi connectivity index (χ1) is 13.5. The van der Waals surface area contributed by atoms with Gasteiger partial charge in [-0.05, 0) is 44.2 Å². The van der Waals surface area contributed by atoms with Gasteiger partial charge in [-0.15, -0.1) is 11.3 Å². The number of hydrogen-bond acceptors (Lipinski definition) is 5.